The Labute approximate surface area is 127 Å². The van der Waals surface area contributed by atoms with Crippen molar-refractivity contribution in [3.63, 3.8) is 0 Å². The quantitative estimate of drug-likeness (QED) is 0.683. The molecule has 0 aliphatic carbocycles. The molecule has 1 aliphatic rings. The molecular weight excluding hydrogens is 297 g/mol. The third-order valence-corrected chi connectivity index (χ3v) is 5.37. The molecule has 0 saturated heterocycles. The first-order valence-electron chi connectivity index (χ1n) is 6.38. The van der Waals surface area contributed by atoms with Crippen LogP contribution in [0.4, 0.5) is 5.69 Å². The Morgan fingerprint density at radius 1 is 1.37 bits per heavy atom. The second kappa shape index (κ2) is 5.35. The molecule has 1 aliphatic heterocycles. The van der Waals surface area contributed by atoms with Gasteiger partial charge in [-0.3, -0.25) is 0 Å². The van der Waals surface area contributed by atoms with Crippen molar-refractivity contribution in [2.24, 2.45) is 0 Å². The van der Waals surface area contributed by atoms with Gasteiger partial charge in [-0.2, -0.15) is 0 Å². The van der Waals surface area contributed by atoms with Crippen LogP contribution in [0.3, 0.4) is 0 Å². The van der Waals surface area contributed by atoms with Crippen LogP contribution in [0.15, 0.2) is 29.6 Å². The van der Waals surface area contributed by atoms with Gasteiger partial charge in [-0.1, -0.05) is 23.7 Å². The van der Waals surface area contributed by atoms with E-state index in [1.54, 1.807) is 0 Å². The predicted molar refractivity (Wildman–Crippen MR) is 84.8 cm³/mol. The van der Waals surface area contributed by atoms with Crippen LogP contribution in [-0.4, -0.2) is 6.54 Å². The number of hydrogen-bond acceptors (Lipinski definition) is 2. The van der Waals surface area contributed by atoms with Gasteiger partial charge in [-0.05, 0) is 42.0 Å². The number of anilines is 1. The van der Waals surface area contributed by atoms with E-state index in [2.05, 4.69) is 29.3 Å². The molecule has 1 aromatic heterocycles. The summed E-state index contributed by atoms with van der Waals surface area (Å²) in [6, 6.07) is 8.56. The zero-order valence-corrected chi connectivity index (χ0v) is 13.0. The number of halogens is 2. The number of fused-ring (bicyclic) bond motifs is 1. The van der Waals surface area contributed by atoms with Gasteiger partial charge in [0.2, 0.25) is 0 Å². The highest BCUT2D eigenvalue weighted by Gasteiger charge is 2.27. The highest BCUT2D eigenvalue weighted by molar-refractivity contribution is 7.10. The topological polar surface area (TPSA) is 3.24 Å². The van der Waals surface area contributed by atoms with Crippen LogP contribution in [0.1, 0.15) is 29.0 Å². The van der Waals surface area contributed by atoms with Gasteiger partial charge in [0.1, 0.15) is 0 Å². The molecule has 1 nitrogen and oxygen atoms in total. The minimum absolute atomic E-state index is 0.358. The van der Waals surface area contributed by atoms with Gasteiger partial charge in [0.05, 0.1) is 16.8 Å². The van der Waals surface area contributed by atoms with Gasteiger partial charge in [-0.15, -0.1) is 22.9 Å². The normalized spacial score (nSPS) is 18.5. The zero-order chi connectivity index (χ0) is 13.4. The van der Waals surface area contributed by atoms with Crippen LogP contribution in [0.25, 0.3) is 0 Å². The number of alkyl halides is 1. The van der Waals surface area contributed by atoms with E-state index in [1.807, 2.05) is 23.5 Å². The largest absolute Gasteiger partial charge is 0.363 e. The summed E-state index contributed by atoms with van der Waals surface area (Å²) in [4.78, 5) is 3.89. The summed E-state index contributed by atoms with van der Waals surface area (Å²) in [5.74, 6) is 0.496. The second-order valence-corrected chi connectivity index (χ2v) is 6.47. The van der Waals surface area contributed by atoms with Crippen molar-refractivity contribution in [3.8, 4) is 0 Å². The molecular formula is C15H15Cl2NS. The minimum Gasteiger partial charge on any atom is -0.363 e. The summed E-state index contributed by atoms with van der Waals surface area (Å²) in [6.07, 6.45) is 1.09. The van der Waals surface area contributed by atoms with Gasteiger partial charge < -0.3 is 4.90 Å². The molecule has 2 aromatic rings. The van der Waals surface area contributed by atoms with E-state index in [9.17, 15) is 0 Å². The van der Waals surface area contributed by atoms with E-state index in [0.29, 0.717) is 11.9 Å². The Hall–Kier alpha value is -0.700. The average molecular weight is 312 g/mol. The highest BCUT2D eigenvalue weighted by atomic mass is 35.5. The van der Waals surface area contributed by atoms with Gasteiger partial charge in [-0.25, -0.2) is 0 Å². The molecule has 0 N–H and O–H groups in total. The lowest BCUT2D eigenvalue weighted by atomic mass is 9.99. The molecule has 0 amide bonds. The summed E-state index contributed by atoms with van der Waals surface area (Å²) in [6.45, 7) is 3.24. The lowest BCUT2D eigenvalue weighted by Crippen LogP contribution is -2.33. The fraction of sp³-hybridized carbons (Fsp3) is 0.333. The monoisotopic (exact) mass is 311 g/mol. The van der Waals surface area contributed by atoms with Gasteiger partial charge in [0, 0.05) is 17.3 Å². The molecule has 0 bridgehead atoms. The van der Waals surface area contributed by atoms with Crippen molar-refractivity contribution >= 4 is 40.2 Å². The average Bonchev–Trinajstić information content (AvgIpc) is 2.89. The van der Waals surface area contributed by atoms with E-state index in [0.717, 1.165) is 29.2 Å². The standard InChI is InChI=1S/C15H15Cl2NS/c1-10-12-6-8-19-14(12)5-7-18(10)15-11(9-16)3-2-4-13(15)17/h2-4,6,8,10H,5,7,9H2,1H3. The molecule has 100 valence electrons. The summed E-state index contributed by atoms with van der Waals surface area (Å²) in [5, 5.41) is 2.98. The van der Waals surface area contributed by atoms with Crippen molar-refractivity contribution < 1.29 is 0 Å². The fourth-order valence-electron chi connectivity index (χ4n) is 2.80. The first-order chi connectivity index (χ1) is 9.22. The lowest BCUT2D eigenvalue weighted by molar-refractivity contribution is 0.631. The van der Waals surface area contributed by atoms with E-state index >= 15 is 0 Å². The Morgan fingerprint density at radius 3 is 3.00 bits per heavy atom. The summed E-state index contributed by atoms with van der Waals surface area (Å²) < 4.78 is 0. The van der Waals surface area contributed by atoms with Crippen molar-refractivity contribution in [2.75, 3.05) is 11.4 Å². The van der Waals surface area contributed by atoms with Crippen LogP contribution in [0, 0.1) is 0 Å². The molecule has 1 atom stereocenters. The lowest BCUT2D eigenvalue weighted by Gasteiger charge is -2.37. The molecule has 0 radical (unpaired) electrons. The van der Waals surface area contributed by atoms with Crippen molar-refractivity contribution in [1.29, 1.82) is 0 Å². The maximum Gasteiger partial charge on any atom is 0.0643 e. The maximum atomic E-state index is 6.41. The highest BCUT2D eigenvalue weighted by Crippen LogP contribution is 2.40. The smallest absolute Gasteiger partial charge is 0.0643 e. The number of nitrogens with zero attached hydrogens (tertiary/aromatic N) is 1. The van der Waals surface area contributed by atoms with E-state index in [-0.39, 0.29) is 0 Å². The summed E-state index contributed by atoms with van der Waals surface area (Å²) in [7, 11) is 0. The first-order valence-corrected chi connectivity index (χ1v) is 8.18. The fourth-order valence-corrected chi connectivity index (χ4v) is 4.29. The van der Waals surface area contributed by atoms with E-state index in [1.165, 1.54) is 10.4 Å². The number of thiophene rings is 1. The van der Waals surface area contributed by atoms with Crippen molar-refractivity contribution in [3.05, 3.63) is 50.7 Å². The second-order valence-electron chi connectivity index (χ2n) is 4.80. The predicted octanol–water partition coefficient (Wildman–Crippen LogP) is 5.26. The molecule has 0 spiro atoms. The number of hydrogen-bond donors (Lipinski definition) is 0. The third kappa shape index (κ3) is 2.26. The van der Waals surface area contributed by atoms with Crippen LogP contribution in [0.2, 0.25) is 5.02 Å². The molecule has 0 saturated carbocycles. The van der Waals surface area contributed by atoms with E-state index < -0.39 is 0 Å². The van der Waals surface area contributed by atoms with Gasteiger partial charge in [0.25, 0.3) is 0 Å². The molecule has 1 unspecified atom stereocenters. The first kappa shape index (κ1) is 13.3. The maximum absolute atomic E-state index is 6.41. The number of benzene rings is 1. The van der Waals surface area contributed by atoms with E-state index in [4.69, 9.17) is 23.2 Å². The van der Waals surface area contributed by atoms with Crippen LogP contribution in [-0.2, 0) is 12.3 Å². The zero-order valence-electron chi connectivity index (χ0n) is 10.7. The van der Waals surface area contributed by atoms with Crippen molar-refractivity contribution in [1.82, 2.24) is 0 Å². The summed E-state index contributed by atoms with van der Waals surface area (Å²) >= 11 is 14.3. The number of rotatable bonds is 2. The Kier molecular flexibility index (Phi) is 3.75. The van der Waals surface area contributed by atoms with Gasteiger partial charge >= 0.3 is 0 Å². The molecule has 4 heteroatoms. The van der Waals surface area contributed by atoms with Crippen LogP contribution < -0.4 is 4.90 Å². The Balaban J connectivity index is 2.05. The molecule has 1 aromatic carbocycles. The third-order valence-electron chi connectivity index (χ3n) is 3.78. The molecule has 0 fully saturated rings. The minimum atomic E-state index is 0.358. The SMILES string of the molecule is CC1c2ccsc2CCN1c1c(Cl)cccc1CCl. The Morgan fingerprint density at radius 2 is 2.21 bits per heavy atom. The van der Waals surface area contributed by atoms with Gasteiger partial charge in [0.15, 0.2) is 0 Å². The Bertz CT molecular complexity index is 594. The van der Waals surface area contributed by atoms with Crippen LogP contribution in [0.5, 0.6) is 0 Å². The molecule has 2 heterocycles. The van der Waals surface area contributed by atoms with Crippen molar-refractivity contribution in [2.45, 2.75) is 25.3 Å². The molecule has 19 heavy (non-hydrogen) atoms. The number of para-hydroxylation sites is 1. The van der Waals surface area contributed by atoms with Crippen LogP contribution >= 0.6 is 34.5 Å². The molecule has 3 rings (SSSR count). The summed E-state index contributed by atoms with van der Waals surface area (Å²) in [5.41, 5.74) is 3.64.